The first-order valence-corrected chi connectivity index (χ1v) is 7.02. The Bertz CT molecular complexity index is 385. The maximum atomic E-state index is 12.4. The van der Waals surface area contributed by atoms with Gasteiger partial charge in [0.1, 0.15) is 0 Å². The number of rotatable bonds is 6. The molecule has 96 valence electrons. The van der Waals surface area contributed by atoms with Crippen LogP contribution in [0.4, 0.5) is 8.78 Å². The van der Waals surface area contributed by atoms with Gasteiger partial charge in [-0.25, -0.2) is 8.78 Å². The van der Waals surface area contributed by atoms with E-state index < -0.39 is 17.2 Å². The van der Waals surface area contributed by atoms with E-state index >= 15 is 0 Å². The highest BCUT2D eigenvalue weighted by Gasteiger charge is 2.08. The van der Waals surface area contributed by atoms with Crippen molar-refractivity contribution in [3.8, 4) is 0 Å². The van der Waals surface area contributed by atoms with Crippen molar-refractivity contribution in [1.29, 1.82) is 0 Å². The molecule has 0 heterocycles. The first-order valence-electron chi connectivity index (χ1n) is 5.40. The fourth-order valence-corrected chi connectivity index (χ4v) is 1.73. The van der Waals surface area contributed by atoms with Gasteiger partial charge in [-0.05, 0) is 18.6 Å². The van der Waals surface area contributed by atoms with Crippen LogP contribution in [0.3, 0.4) is 0 Å². The first-order chi connectivity index (χ1) is 8.00. The Morgan fingerprint density at radius 1 is 1.41 bits per heavy atom. The van der Waals surface area contributed by atoms with Crippen molar-refractivity contribution in [3.63, 3.8) is 0 Å². The lowest BCUT2D eigenvalue weighted by molar-refractivity contribution is 0.151. The number of halogens is 2. The van der Waals surface area contributed by atoms with Crippen molar-refractivity contribution >= 4 is 10.8 Å². The Morgan fingerprint density at radius 3 is 2.71 bits per heavy atom. The van der Waals surface area contributed by atoms with Crippen LogP contribution in [0.15, 0.2) is 24.3 Å². The molecule has 0 aromatic heterocycles. The van der Waals surface area contributed by atoms with Gasteiger partial charge in [0.25, 0.3) is 6.43 Å². The van der Waals surface area contributed by atoms with Crippen LogP contribution >= 0.6 is 0 Å². The molecule has 5 heteroatoms. The van der Waals surface area contributed by atoms with Crippen molar-refractivity contribution in [2.45, 2.75) is 25.1 Å². The zero-order valence-electron chi connectivity index (χ0n) is 9.95. The summed E-state index contributed by atoms with van der Waals surface area (Å²) in [5.41, 5.74) is 0.855. The predicted octanol–water partition coefficient (Wildman–Crippen LogP) is 2.48. The first kappa shape index (κ1) is 14.3. The van der Waals surface area contributed by atoms with E-state index in [0.29, 0.717) is 13.1 Å². The summed E-state index contributed by atoms with van der Waals surface area (Å²) in [5.74, 6) is 0. The largest absolute Gasteiger partial charge is 0.311 e. The molecule has 1 rings (SSSR count). The van der Waals surface area contributed by atoms with Crippen molar-refractivity contribution in [3.05, 3.63) is 35.4 Å². The van der Waals surface area contributed by atoms with Gasteiger partial charge in [0, 0.05) is 41.0 Å². The summed E-state index contributed by atoms with van der Waals surface area (Å²) < 4.78 is 36.0. The Morgan fingerprint density at radius 2 is 2.12 bits per heavy atom. The summed E-state index contributed by atoms with van der Waals surface area (Å²) >= 11 is 0. The molecular weight excluding hydrogens is 244 g/mol. The van der Waals surface area contributed by atoms with E-state index in [9.17, 15) is 13.0 Å². The maximum absolute atomic E-state index is 12.4. The molecule has 2 unspecified atom stereocenters. The third kappa shape index (κ3) is 4.91. The molecule has 0 aliphatic rings. The quantitative estimate of drug-likeness (QED) is 0.852. The van der Waals surface area contributed by atoms with E-state index in [1.807, 2.05) is 6.92 Å². The lowest BCUT2D eigenvalue weighted by atomic mass is 10.1. The summed E-state index contributed by atoms with van der Waals surface area (Å²) in [6, 6.07) is 6.33. The third-order valence-corrected chi connectivity index (χ3v) is 3.83. The Hall–Kier alpha value is -0.810. The monoisotopic (exact) mass is 261 g/mol. The summed E-state index contributed by atoms with van der Waals surface area (Å²) in [7, 11) is -0.862. The van der Waals surface area contributed by atoms with Crippen LogP contribution in [-0.2, 0) is 17.3 Å². The standard InChI is InChI=1S/C12H17F2NOS/c1-9(17(2)16)7-15-8-10-4-3-5-11(6-10)12(13)14/h3-6,9,12,15H,7-8H2,1-2H3. The molecule has 0 amide bonds. The topological polar surface area (TPSA) is 29.1 Å². The molecule has 0 aliphatic heterocycles. The van der Waals surface area contributed by atoms with E-state index in [4.69, 9.17) is 0 Å². The Balaban J connectivity index is 2.47. The molecule has 1 aromatic rings. The molecule has 0 spiro atoms. The van der Waals surface area contributed by atoms with Crippen LogP contribution in [0.5, 0.6) is 0 Å². The highest BCUT2D eigenvalue weighted by molar-refractivity contribution is 7.84. The van der Waals surface area contributed by atoms with Crippen molar-refractivity contribution < 1.29 is 13.0 Å². The average molecular weight is 261 g/mol. The highest BCUT2D eigenvalue weighted by Crippen LogP contribution is 2.19. The molecule has 0 radical (unpaired) electrons. The number of hydrogen-bond acceptors (Lipinski definition) is 2. The van der Waals surface area contributed by atoms with Gasteiger partial charge in [0.2, 0.25) is 0 Å². The van der Waals surface area contributed by atoms with E-state index in [1.54, 1.807) is 18.4 Å². The second kappa shape index (κ2) is 6.81. The third-order valence-electron chi connectivity index (χ3n) is 2.53. The minimum atomic E-state index is -2.43. The molecule has 0 saturated carbocycles. The van der Waals surface area contributed by atoms with Gasteiger partial charge in [-0.3, -0.25) is 4.21 Å². The van der Waals surface area contributed by atoms with E-state index in [1.165, 1.54) is 12.1 Å². The molecule has 17 heavy (non-hydrogen) atoms. The lowest BCUT2D eigenvalue weighted by Crippen LogP contribution is -2.27. The summed E-state index contributed by atoms with van der Waals surface area (Å²) in [4.78, 5) is 0. The van der Waals surface area contributed by atoms with Crippen LogP contribution < -0.4 is 5.32 Å². The average Bonchev–Trinajstić information content (AvgIpc) is 2.29. The zero-order valence-corrected chi connectivity index (χ0v) is 10.8. The van der Waals surface area contributed by atoms with Crippen LogP contribution in [-0.4, -0.2) is 22.3 Å². The minimum absolute atomic E-state index is 0.0383. The van der Waals surface area contributed by atoms with Gasteiger partial charge in [0.05, 0.1) is 0 Å². The molecular formula is C12H17F2NOS. The normalized spacial score (nSPS) is 14.9. The Kier molecular flexibility index (Phi) is 5.71. The predicted molar refractivity (Wildman–Crippen MR) is 66.6 cm³/mol. The van der Waals surface area contributed by atoms with Gasteiger partial charge in [-0.1, -0.05) is 18.2 Å². The van der Waals surface area contributed by atoms with Crippen molar-refractivity contribution in [2.75, 3.05) is 12.8 Å². The van der Waals surface area contributed by atoms with E-state index in [2.05, 4.69) is 5.32 Å². The SMILES string of the molecule is CC(CNCc1cccc(C(F)F)c1)S(C)=O. The number of nitrogens with one attached hydrogen (secondary N) is 1. The smallest absolute Gasteiger partial charge is 0.263 e. The fraction of sp³-hybridized carbons (Fsp3) is 0.500. The van der Waals surface area contributed by atoms with E-state index in [-0.39, 0.29) is 10.8 Å². The second-order valence-electron chi connectivity index (χ2n) is 3.99. The lowest BCUT2D eigenvalue weighted by Gasteiger charge is -2.10. The molecule has 2 nitrogen and oxygen atoms in total. The fourth-order valence-electron chi connectivity index (χ4n) is 1.38. The van der Waals surface area contributed by atoms with Gasteiger partial charge in [0.15, 0.2) is 0 Å². The van der Waals surface area contributed by atoms with Gasteiger partial charge >= 0.3 is 0 Å². The molecule has 0 bridgehead atoms. The van der Waals surface area contributed by atoms with Gasteiger partial charge in [-0.2, -0.15) is 0 Å². The summed E-state index contributed by atoms with van der Waals surface area (Å²) in [6.07, 6.45) is -0.777. The molecule has 2 atom stereocenters. The summed E-state index contributed by atoms with van der Waals surface area (Å²) in [6.45, 7) is 3.02. The molecule has 0 fully saturated rings. The van der Waals surface area contributed by atoms with Crippen LogP contribution in [0.25, 0.3) is 0 Å². The highest BCUT2D eigenvalue weighted by atomic mass is 32.2. The molecule has 1 aromatic carbocycles. The summed E-state index contributed by atoms with van der Waals surface area (Å²) in [5, 5.41) is 3.17. The van der Waals surface area contributed by atoms with Crippen LogP contribution in [0, 0.1) is 0 Å². The van der Waals surface area contributed by atoms with Crippen molar-refractivity contribution in [1.82, 2.24) is 5.32 Å². The zero-order chi connectivity index (χ0) is 12.8. The van der Waals surface area contributed by atoms with Crippen molar-refractivity contribution in [2.24, 2.45) is 0 Å². The minimum Gasteiger partial charge on any atom is -0.311 e. The maximum Gasteiger partial charge on any atom is 0.263 e. The molecule has 0 aliphatic carbocycles. The van der Waals surface area contributed by atoms with E-state index in [0.717, 1.165) is 5.56 Å². The van der Waals surface area contributed by atoms with Gasteiger partial charge in [-0.15, -0.1) is 0 Å². The van der Waals surface area contributed by atoms with Gasteiger partial charge < -0.3 is 5.32 Å². The number of hydrogen-bond donors (Lipinski definition) is 1. The second-order valence-corrected chi connectivity index (χ2v) is 5.79. The van der Waals surface area contributed by atoms with Crippen LogP contribution in [0.1, 0.15) is 24.5 Å². The number of alkyl halides is 2. The Labute approximate surface area is 103 Å². The molecule has 0 saturated heterocycles. The number of benzene rings is 1. The molecule has 1 N–H and O–H groups in total. The van der Waals surface area contributed by atoms with Crippen LogP contribution in [0.2, 0.25) is 0 Å².